The quantitative estimate of drug-likeness (QED) is 0.533. The molecule has 1 saturated heterocycles. The second kappa shape index (κ2) is 12.3. The average molecular weight is 468 g/mol. The molecule has 0 spiro atoms. The molecule has 3 rings (SSSR count). The summed E-state index contributed by atoms with van der Waals surface area (Å²) in [5.74, 6) is 0.960. The molecule has 1 aliphatic heterocycles. The predicted octanol–water partition coefficient (Wildman–Crippen LogP) is 4.50. The normalized spacial score (nSPS) is 18.6. The van der Waals surface area contributed by atoms with E-state index in [1.54, 1.807) is 19.1 Å². The van der Waals surface area contributed by atoms with Gasteiger partial charge in [-0.3, -0.25) is 4.79 Å². The van der Waals surface area contributed by atoms with Crippen molar-refractivity contribution < 1.29 is 19.1 Å². The fraction of sp³-hybridized carbons (Fsp3) is 0.481. The summed E-state index contributed by atoms with van der Waals surface area (Å²) >= 11 is 0. The van der Waals surface area contributed by atoms with E-state index in [1.807, 2.05) is 55.5 Å². The highest BCUT2D eigenvalue weighted by molar-refractivity contribution is 5.81. The highest BCUT2D eigenvalue weighted by atomic mass is 16.5. The second-order valence-electron chi connectivity index (χ2n) is 8.88. The smallest absolute Gasteiger partial charge is 0.317 e. The Morgan fingerprint density at radius 3 is 2.47 bits per heavy atom. The lowest BCUT2D eigenvalue weighted by Gasteiger charge is -2.38. The van der Waals surface area contributed by atoms with Crippen LogP contribution < -0.4 is 20.1 Å². The summed E-state index contributed by atoms with van der Waals surface area (Å²) in [5.41, 5.74) is 2.08. The molecule has 2 aromatic carbocycles. The van der Waals surface area contributed by atoms with E-state index in [-0.39, 0.29) is 29.8 Å². The molecule has 184 valence electrons. The minimum Gasteiger partial charge on any atom is -0.493 e. The van der Waals surface area contributed by atoms with Gasteiger partial charge in [0.2, 0.25) is 5.91 Å². The average Bonchev–Trinajstić information content (AvgIpc) is 2.88. The Morgan fingerprint density at radius 2 is 1.79 bits per heavy atom. The summed E-state index contributed by atoms with van der Waals surface area (Å²) in [7, 11) is 3.21. The van der Waals surface area contributed by atoms with Crippen LogP contribution in [0.4, 0.5) is 4.79 Å². The maximum Gasteiger partial charge on any atom is 0.317 e. The molecule has 0 aliphatic carbocycles. The summed E-state index contributed by atoms with van der Waals surface area (Å²) in [6.45, 7) is 5.65. The van der Waals surface area contributed by atoms with E-state index in [4.69, 9.17) is 9.47 Å². The number of benzene rings is 2. The van der Waals surface area contributed by atoms with E-state index >= 15 is 0 Å². The van der Waals surface area contributed by atoms with Crippen molar-refractivity contribution in [3.05, 3.63) is 59.7 Å². The predicted molar refractivity (Wildman–Crippen MR) is 133 cm³/mol. The minimum atomic E-state index is -0.310. The molecule has 0 bridgehead atoms. The van der Waals surface area contributed by atoms with E-state index < -0.39 is 0 Å². The van der Waals surface area contributed by atoms with Crippen LogP contribution in [0.2, 0.25) is 0 Å². The third kappa shape index (κ3) is 6.43. The molecule has 0 saturated carbocycles. The van der Waals surface area contributed by atoms with Gasteiger partial charge in [-0.15, -0.1) is 0 Å². The van der Waals surface area contributed by atoms with Crippen molar-refractivity contribution in [1.29, 1.82) is 0 Å². The van der Waals surface area contributed by atoms with Gasteiger partial charge < -0.3 is 25.0 Å². The molecule has 0 radical (unpaired) electrons. The highest BCUT2D eigenvalue weighted by Crippen LogP contribution is 2.36. The molecule has 3 atom stereocenters. The molecule has 0 unspecified atom stereocenters. The molecule has 34 heavy (non-hydrogen) atoms. The van der Waals surface area contributed by atoms with Gasteiger partial charge in [-0.25, -0.2) is 4.79 Å². The van der Waals surface area contributed by atoms with Crippen LogP contribution in [0.5, 0.6) is 11.5 Å². The van der Waals surface area contributed by atoms with Gasteiger partial charge in [0.15, 0.2) is 11.5 Å². The largest absolute Gasteiger partial charge is 0.493 e. The summed E-state index contributed by atoms with van der Waals surface area (Å²) < 4.78 is 10.9. The number of piperidine rings is 1. The first-order chi connectivity index (χ1) is 16.5. The van der Waals surface area contributed by atoms with E-state index in [0.717, 1.165) is 24.0 Å². The monoisotopic (exact) mass is 467 g/mol. The number of likely N-dealkylation sites (tertiary alicyclic amines) is 1. The maximum absolute atomic E-state index is 13.3. The molecule has 1 fully saturated rings. The molecule has 3 amide bonds. The number of amides is 3. The van der Waals surface area contributed by atoms with Gasteiger partial charge in [0.25, 0.3) is 0 Å². The lowest BCUT2D eigenvalue weighted by atomic mass is 9.83. The third-order valence-electron chi connectivity index (χ3n) is 6.45. The number of rotatable bonds is 9. The van der Waals surface area contributed by atoms with E-state index in [2.05, 4.69) is 17.6 Å². The van der Waals surface area contributed by atoms with Gasteiger partial charge in [0.1, 0.15) is 0 Å². The first-order valence-electron chi connectivity index (χ1n) is 12.1. The van der Waals surface area contributed by atoms with Crippen LogP contribution in [-0.2, 0) is 4.79 Å². The molecular weight excluding hydrogens is 430 g/mol. The molecule has 0 aromatic heterocycles. The van der Waals surface area contributed by atoms with Gasteiger partial charge in [-0.2, -0.15) is 0 Å². The zero-order valence-corrected chi connectivity index (χ0v) is 20.7. The topological polar surface area (TPSA) is 79.9 Å². The Balaban J connectivity index is 1.79. The van der Waals surface area contributed by atoms with E-state index in [9.17, 15) is 9.59 Å². The molecule has 7 nitrogen and oxygen atoms in total. The molecule has 7 heteroatoms. The highest BCUT2D eigenvalue weighted by Gasteiger charge is 2.35. The first-order valence-corrected chi connectivity index (χ1v) is 12.1. The summed E-state index contributed by atoms with van der Waals surface area (Å²) in [6.07, 6.45) is 2.59. The van der Waals surface area contributed by atoms with Crippen molar-refractivity contribution in [2.75, 3.05) is 33.9 Å². The van der Waals surface area contributed by atoms with Crippen molar-refractivity contribution in [1.82, 2.24) is 15.5 Å². The molecule has 2 aromatic rings. The SMILES string of the molecule is CCCCNC(=O)N1C[C@H](C(=O)N[C@@H](C)c2ccccc2)C[C@H](c2ccc(OC)c(OC)c2)C1. The Labute approximate surface area is 202 Å². The minimum absolute atomic E-state index is 0.00765. The summed E-state index contributed by atoms with van der Waals surface area (Å²) in [4.78, 5) is 28.0. The number of carbonyl (C=O) groups excluding carboxylic acids is 2. The Morgan fingerprint density at radius 1 is 1.06 bits per heavy atom. The summed E-state index contributed by atoms with van der Waals surface area (Å²) in [6, 6.07) is 15.5. The number of urea groups is 1. The fourth-order valence-corrected chi connectivity index (χ4v) is 4.44. The van der Waals surface area contributed by atoms with Crippen LogP contribution in [0.1, 0.15) is 56.2 Å². The van der Waals surface area contributed by atoms with Gasteiger partial charge in [0, 0.05) is 25.6 Å². The molecule has 2 N–H and O–H groups in total. The zero-order valence-electron chi connectivity index (χ0n) is 20.7. The zero-order chi connectivity index (χ0) is 24.5. The number of ether oxygens (including phenoxy) is 2. The third-order valence-corrected chi connectivity index (χ3v) is 6.45. The lowest BCUT2D eigenvalue weighted by Crippen LogP contribution is -2.51. The number of hydrogen-bond donors (Lipinski definition) is 2. The van der Waals surface area contributed by atoms with Crippen LogP contribution >= 0.6 is 0 Å². The van der Waals surface area contributed by atoms with Gasteiger partial charge in [-0.05, 0) is 43.0 Å². The first kappa shape index (κ1) is 25.4. The number of hydrogen-bond acceptors (Lipinski definition) is 4. The molecule has 1 aliphatic rings. The van der Waals surface area contributed by atoms with Gasteiger partial charge in [0.05, 0.1) is 26.2 Å². The fourth-order valence-electron chi connectivity index (χ4n) is 4.44. The lowest BCUT2D eigenvalue weighted by molar-refractivity contribution is -0.127. The van der Waals surface area contributed by atoms with Gasteiger partial charge >= 0.3 is 6.03 Å². The molecular formula is C27H37N3O4. The summed E-state index contributed by atoms with van der Waals surface area (Å²) in [5, 5.41) is 6.15. The van der Waals surface area contributed by atoms with Crippen molar-refractivity contribution in [2.45, 2.75) is 45.1 Å². The number of nitrogens with zero attached hydrogens (tertiary/aromatic N) is 1. The number of nitrogens with one attached hydrogen (secondary N) is 2. The van der Waals surface area contributed by atoms with Gasteiger partial charge in [-0.1, -0.05) is 49.7 Å². The van der Waals surface area contributed by atoms with Crippen LogP contribution in [0.25, 0.3) is 0 Å². The van der Waals surface area contributed by atoms with Crippen LogP contribution in [0.3, 0.4) is 0 Å². The maximum atomic E-state index is 13.3. The Bertz CT molecular complexity index is 950. The number of carbonyl (C=O) groups is 2. The van der Waals surface area contributed by atoms with E-state index in [0.29, 0.717) is 37.6 Å². The second-order valence-corrected chi connectivity index (χ2v) is 8.88. The number of unbranched alkanes of at least 4 members (excludes halogenated alkanes) is 1. The van der Waals surface area contributed by atoms with E-state index in [1.165, 1.54) is 0 Å². The van der Waals surface area contributed by atoms with Crippen LogP contribution in [0, 0.1) is 5.92 Å². The van der Waals surface area contributed by atoms with Crippen molar-refractivity contribution >= 4 is 11.9 Å². The van der Waals surface area contributed by atoms with Crippen molar-refractivity contribution in [2.24, 2.45) is 5.92 Å². The number of methoxy groups -OCH3 is 2. The Hall–Kier alpha value is -3.22. The Kier molecular flexibility index (Phi) is 9.19. The standard InChI is InChI=1S/C27H37N3O4/c1-5-6-14-28-27(32)30-17-22(21-12-13-24(33-3)25(16-21)34-4)15-23(18-30)26(31)29-19(2)20-10-8-7-9-11-20/h7-13,16,19,22-23H,5-6,14-15,17-18H2,1-4H3,(H,28,32)(H,29,31)/t19-,22-,23+/m0/s1. The molecule has 1 heterocycles. The van der Waals surface area contributed by atoms with Crippen LogP contribution in [0.15, 0.2) is 48.5 Å². The van der Waals surface area contributed by atoms with Crippen molar-refractivity contribution in [3.63, 3.8) is 0 Å². The van der Waals surface area contributed by atoms with Crippen molar-refractivity contribution in [3.8, 4) is 11.5 Å². The van der Waals surface area contributed by atoms with Crippen LogP contribution in [-0.4, -0.2) is 50.7 Å².